The molecule has 0 saturated heterocycles. The van der Waals surface area contributed by atoms with Crippen LogP contribution in [0, 0.1) is 0 Å². The monoisotopic (exact) mass is 597 g/mol. The van der Waals surface area contributed by atoms with Crippen LogP contribution in [-0.4, -0.2) is 48.0 Å². The Morgan fingerprint density at radius 1 is 1.03 bits per heavy atom. The van der Waals surface area contributed by atoms with Crippen LogP contribution in [0.25, 0.3) is 11.1 Å². The van der Waals surface area contributed by atoms with Gasteiger partial charge in [0.15, 0.2) is 5.82 Å². The topological polar surface area (TPSA) is 128 Å². The van der Waals surface area contributed by atoms with Crippen molar-refractivity contribution in [3.63, 3.8) is 0 Å². The molecule has 32 heavy (non-hydrogen) atoms. The molecule has 0 saturated carbocycles. The number of hydrogen-bond acceptors (Lipinski definition) is 8. The van der Waals surface area contributed by atoms with E-state index in [0.717, 1.165) is 0 Å². The van der Waals surface area contributed by atoms with Gasteiger partial charge in [-0.3, -0.25) is 4.72 Å². The first kappa shape index (κ1) is 13.4. The first-order chi connectivity index (χ1) is 19.7. The number of ether oxygens (including phenoxy) is 2. The Kier molecular flexibility index (Phi) is 4.81. The Labute approximate surface area is 218 Å². The van der Waals surface area contributed by atoms with Crippen molar-refractivity contribution in [3.05, 3.63) is 51.8 Å². The van der Waals surface area contributed by atoms with Crippen LogP contribution in [0.5, 0.6) is 11.9 Å². The number of anilines is 1. The molecule has 0 amide bonds. The number of benzene rings is 1. The quantitative estimate of drug-likeness (QED) is 0.343. The maximum absolute atomic E-state index is 12.7. The molecule has 0 aliphatic heterocycles. The molecule has 13 heteroatoms. The molecule has 0 radical (unpaired) electrons. The molecular weight excluding hydrogens is 568 g/mol. The van der Waals surface area contributed by atoms with Crippen LogP contribution < -0.4 is 18.9 Å². The van der Waals surface area contributed by atoms with Gasteiger partial charge in [-0.15, -0.1) is 0 Å². The van der Waals surface area contributed by atoms with Gasteiger partial charge >= 0.3 is 6.01 Å². The number of halogens is 2. The maximum Gasteiger partial charge on any atom is 0.316 e. The molecule has 0 aliphatic carbocycles. The van der Waals surface area contributed by atoms with Crippen molar-refractivity contribution in [2.45, 2.75) is 13.3 Å². The number of hydrogen-bond donors (Lipinski definition) is 2. The molecule has 3 aromatic rings. The van der Waals surface area contributed by atoms with Gasteiger partial charge in [0, 0.05) is 23.4 Å². The van der Waals surface area contributed by atoms with Gasteiger partial charge in [0.1, 0.15) is 20.8 Å². The van der Waals surface area contributed by atoms with Crippen LogP contribution in [0.15, 0.2) is 51.8 Å². The molecule has 10 nitrogen and oxygen atoms in total. The third-order valence-electron chi connectivity index (χ3n) is 3.21. The maximum atomic E-state index is 12.7. The summed E-state index contributed by atoms with van der Waals surface area (Å²) in [5, 5.41) is 0. The van der Waals surface area contributed by atoms with Crippen LogP contribution in [0.2, 0.25) is 0 Å². The summed E-state index contributed by atoms with van der Waals surface area (Å²) < 4.78 is 129. The van der Waals surface area contributed by atoms with Gasteiger partial charge in [0.05, 0.1) is 23.7 Å². The van der Waals surface area contributed by atoms with Crippen LogP contribution in [-0.2, 0) is 10.2 Å². The van der Waals surface area contributed by atoms with Gasteiger partial charge in [0.25, 0.3) is 10.2 Å². The fourth-order valence-corrected chi connectivity index (χ4v) is 3.28. The van der Waals surface area contributed by atoms with Crippen LogP contribution in [0.1, 0.15) is 28.4 Å². The molecule has 2 N–H and O–H groups in total. The minimum absolute atomic E-state index is 0.0372. The average Bonchev–Trinajstić information content (AvgIpc) is 2.88. The molecule has 2 heterocycles. The molecule has 170 valence electrons. The Hall–Kier alpha value is -2.35. The summed E-state index contributed by atoms with van der Waals surface area (Å²) in [6.45, 7) is -5.50. The zero-order valence-corrected chi connectivity index (χ0v) is 20.0. The molecule has 0 unspecified atom stereocenters. The normalized spacial score (nSPS) is 17.0. The third kappa shape index (κ3) is 7.08. The molecule has 0 spiro atoms. The highest BCUT2D eigenvalue weighted by atomic mass is 79.9. The molecule has 3 rings (SSSR count). The lowest BCUT2D eigenvalue weighted by atomic mass is 10.1. The molecular formula is C19H20Br2N6O4S. The van der Waals surface area contributed by atoms with E-state index >= 15 is 0 Å². The third-order valence-corrected chi connectivity index (χ3v) is 5.01. The van der Waals surface area contributed by atoms with E-state index in [-0.39, 0.29) is 15.5 Å². The minimum atomic E-state index is -4.44. The number of aromatic nitrogens is 4. The van der Waals surface area contributed by atoms with E-state index in [1.807, 2.05) is 4.72 Å². The van der Waals surface area contributed by atoms with Gasteiger partial charge in [-0.05, 0) is 40.0 Å². The first-order valence-corrected chi connectivity index (χ1v) is 11.6. The highest BCUT2D eigenvalue weighted by Gasteiger charge is 2.19. The largest absolute Gasteiger partial charge is 0.473 e. The van der Waals surface area contributed by atoms with Gasteiger partial charge in [-0.1, -0.05) is 34.9 Å². The van der Waals surface area contributed by atoms with E-state index in [1.165, 1.54) is 0 Å². The second-order valence-corrected chi connectivity index (χ2v) is 8.58. The highest BCUT2D eigenvalue weighted by molar-refractivity contribution is 9.10. The average molecular weight is 599 g/mol. The lowest BCUT2D eigenvalue weighted by Gasteiger charge is -2.15. The molecule has 0 aliphatic rings. The predicted molar refractivity (Wildman–Crippen MR) is 127 cm³/mol. The summed E-state index contributed by atoms with van der Waals surface area (Å²) in [5.41, 5.74) is -1.43. The standard InChI is InChI=1S/C19H20Br2N6O4S/c1-2-7-26-32(28,29)27-17-16(13-3-5-14(20)6-4-13)18(25-12-24-17)30-8-9-31-19-22-10-15(21)11-23-19/h3-6,10-12,26H,2,7-9H2,1H3,(H,24,25,27)/i3D,4D,5D,6D,8D2,9D2,10D,11D,12D. The summed E-state index contributed by atoms with van der Waals surface area (Å²) in [6, 6.07) is -3.70. The van der Waals surface area contributed by atoms with Gasteiger partial charge in [0.2, 0.25) is 5.88 Å². The van der Waals surface area contributed by atoms with Crippen molar-refractivity contribution >= 4 is 47.9 Å². The first-order valence-electron chi connectivity index (χ1n) is 14.0. The van der Waals surface area contributed by atoms with Crippen LogP contribution in [0.3, 0.4) is 0 Å². The molecule has 0 bridgehead atoms. The number of nitrogens with zero attached hydrogens (tertiary/aromatic N) is 4. The number of rotatable bonds is 11. The van der Waals surface area contributed by atoms with Crippen molar-refractivity contribution in [1.29, 1.82) is 0 Å². The van der Waals surface area contributed by atoms with E-state index in [0.29, 0.717) is 6.42 Å². The van der Waals surface area contributed by atoms with E-state index in [9.17, 15) is 8.42 Å². The summed E-state index contributed by atoms with van der Waals surface area (Å²) in [6.07, 6.45) is -1.74. The van der Waals surface area contributed by atoms with Crippen LogP contribution >= 0.6 is 31.9 Å². The second-order valence-electron chi connectivity index (χ2n) is 5.49. The lowest BCUT2D eigenvalue weighted by molar-refractivity contribution is 0.202. The predicted octanol–water partition coefficient (Wildman–Crippen LogP) is 3.57. The van der Waals surface area contributed by atoms with Crippen molar-refractivity contribution in [2.75, 3.05) is 24.4 Å². The van der Waals surface area contributed by atoms with E-state index in [1.54, 1.807) is 6.92 Å². The molecule has 0 fully saturated rings. The van der Waals surface area contributed by atoms with E-state index < -0.39 is 95.0 Å². The Morgan fingerprint density at radius 2 is 1.72 bits per heavy atom. The SMILES string of the molecule is [2H]c1nc(NS(=O)(=O)NCCC)c(-c2c([2H])c([2H])c(Br)c([2H])c2[2H])c(OC([2H])([2H])C([2H])([2H])Oc2nc([2H])c(Br)c([2H])n2)n1. The number of nitrogens with one attached hydrogen (secondary N) is 2. The Bertz CT molecular complexity index is 1640. The molecule has 0 atom stereocenters. The van der Waals surface area contributed by atoms with Crippen LogP contribution in [0.4, 0.5) is 5.82 Å². The van der Waals surface area contributed by atoms with E-state index in [4.69, 9.17) is 24.6 Å². The van der Waals surface area contributed by atoms with Crippen molar-refractivity contribution in [1.82, 2.24) is 24.7 Å². The van der Waals surface area contributed by atoms with E-state index in [2.05, 4.69) is 56.5 Å². The van der Waals surface area contributed by atoms with Gasteiger partial charge in [-0.2, -0.15) is 13.1 Å². The zero-order chi connectivity index (χ0) is 32.7. The van der Waals surface area contributed by atoms with Crippen molar-refractivity contribution in [2.24, 2.45) is 0 Å². The fourth-order valence-electron chi connectivity index (χ4n) is 1.95. The summed E-state index contributed by atoms with van der Waals surface area (Å²) in [5.74, 6) is -1.87. The van der Waals surface area contributed by atoms with Crippen molar-refractivity contribution in [3.8, 4) is 23.0 Å². The summed E-state index contributed by atoms with van der Waals surface area (Å²) >= 11 is 5.83. The van der Waals surface area contributed by atoms with Gasteiger partial charge < -0.3 is 9.47 Å². The van der Waals surface area contributed by atoms with Gasteiger partial charge in [-0.25, -0.2) is 19.9 Å². The molecule has 1 aromatic carbocycles. The summed E-state index contributed by atoms with van der Waals surface area (Å²) in [7, 11) is -4.44. The summed E-state index contributed by atoms with van der Waals surface area (Å²) in [4.78, 5) is 14.4. The second kappa shape index (κ2) is 11.5. The zero-order valence-electron chi connectivity index (χ0n) is 27.0. The minimum Gasteiger partial charge on any atom is -0.473 e. The van der Waals surface area contributed by atoms with Crippen molar-refractivity contribution < 1.29 is 33.0 Å². The Morgan fingerprint density at radius 3 is 2.41 bits per heavy atom. The fraction of sp³-hybridized carbons (Fsp3) is 0.263. The highest BCUT2D eigenvalue weighted by Crippen LogP contribution is 2.34. The molecule has 2 aromatic heterocycles. The lowest BCUT2D eigenvalue weighted by Crippen LogP contribution is -2.31. The smallest absolute Gasteiger partial charge is 0.316 e. The Balaban J connectivity index is 2.25.